The van der Waals surface area contributed by atoms with Gasteiger partial charge in [-0.25, -0.2) is 4.99 Å². The number of aliphatic imine (C=N–C) groups is 1. The predicted molar refractivity (Wildman–Crippen MR) is 41.7 cm³/mol. The second kappa shape index (κ2) is 1.66. The van der Waals surface area contributed by atoms with Crippen molar-refractivity contribution in [2.75, 3.05) is 0 Å². The number of hydrogen-bond acceptors (Lipinski definition) is 5. The molecule has 9 heavy (non-hydrogen) atoms. The summed E-state index contributed by atoms with van der Waals surface area (Å²) < 4.78 is 2.01. The molecule has 1 fully saturated rings. The van der Waals surface area contributed by atoms with Gasteiger partial charge >= 0.3 is 0 Å². The Balaban J connectivity index is 2.16. The summed E-state index contributed by atoms with van der Waals surface area (Å²) in [5.41, 5.74) is 5.70. The Morgan fingerprint density at radius 3 is 3.00 bits per heavy atom. The summed E-state index contributed by atoms with van der Waals surface area (Å²) in [4.78, 5) is 4.26. The van der Waals surface area contributed by atoms with Crippen LogP contribution in [0, 0.1) is 0 Å². The molecule has 0 aliphatic carbocycles. The van der Waals surface area contributed by atoms with Gasteiger partial charge in [0.1, 0.15) is 0 Å². The normalized spacial score (nSPS) is 46.4. The van der Waals surface area contributed by atoms with Crippen LogP contribution in [0.15, 0.2) is 4.99 Å². The summed E-state index contributed by atoms with van der Waals surface area (Å²) in [6.07, 6.45) is 1.00. The van der Waals surface area contributed by atoms with Crippen molar-refractivity contribution >= 4 is 28.9 Å². The molecule has 2 aliphatic heterocycles. The molecule has 2 atom stereocenters. The smallest absolute Gasteiger partial charge is 0.249 e. The molecule has 50 valence electrons. The maximum absolute atomic E-state index is 5.70. The highest BCUT2D eigenvalue weighted by Gasteiger charge is 2.57. The van der Waals surface area contributed by atoms with Crippen molar-refractivity contribution in [1.29, 1.82) is 0 Å². The van der Waals surface area contributed by atoms with Crippen LogP contribution in [0.4, 0.5) is 0 Å². The number of nitrogens with zero attached hydrogens (tertiary/aromatic N) is 2. The minimum atomic E-state index is -0.365. The highest BCUT2D eigenvalue weighted by molar-refractivity contribution is 8.26. The molecule has 2 N–H and O–H groups in total. The van der Waals surface area contributed by atoms with E-state index in [-0.39, 0.29) is 5.12 Å². The van der Waals surface area contributed by atoms with E-state index >= 15 is 0 Å². The Morgan fingerprint density at radius 2 is 2.67 bits per heavy atom. The summed E-state index contributed by atoms with van der Waals surface area (Å²) in [7, 11) is 0. The lowest BCUT2D eigenvalue weighted by Gasteiger charge is -1.91. The van der Waals surface area contributed by atoms with E-state index in [1.807, 2.05) is 3.71 Å². The van der Waals surface area contributed by atoms with E-state index in [1.54, 1.807) is 23.9 Å². The average Bonchev–Trinajstić information content (AvgIpc) is 2.33. The molecule has 2 rings (SSSR count). The van der Waals surface area contributed by atoms with Crippen LogP contribution in [-0.2, 0) is 0 Å². The van der Waals surface area contributed by atoms with Crippen molar-refractivity contribution in [1.82, 2.24) is 3.71 Å². The van der Waals surface area contributed by atoms with Gasteiger partial charge in [0, 0.05) is 11.9 Å². The maximum Gasteiger partial charge on any atom is 0.249 e. The van der Waals surface area contributed by atoms with Crippen LogP contribution in [0.1, 0.15) is 13.3 Å². The summed E-state index contributed by atoms with van der Waals surface area (Å²) in [5.74, 6) is 0. The first kappa shape index (κ1) is 6.03. The molecule has 2 heterocycles. The molecule has 0 saturated carbocycles. The number of hydrogen-bond donors (Lipinski definition) is 1. The molecule has 0 aromatic heterocycles. The fourth-order valence-corrected chi connectivity index (χ4v) is 2.66. The largest absolute Gasteiger partial charge is 0.283 e. The Kier molecular flexibility index (Phi) is 1.11. The second-order valence-electron chi connectivity index (χ2n) is 1.96. The Morgan fingerprint density at radius 1 is 1.89 bits per heavy atom. The van der Waals surface area contributed by atoms with E-state index in [2.05, 4.69) is 11.9 Å². The Labute approximate surface area is 62.3 Å². The van der Waals surface area contributed by atoms with Crippen molar-refractivity contribution in [3.05, 3.63) is 0 Å². The molecule has 0 radical (unpaired) electrons. The molecular weight excluding hydrogens is 154 g/mol. The third-order valence-electron chi connectivity index (χ3n) is 1.22. The number of nitrogens with two attached hydrogens (primary N) is 1. The first-order valence-corrected chi connectivity index (χ1v) is 4.34. The lowest BCUT2D eigenvalue weighted by molar-refractivity contribution is 0.620. The van der Waals surface area contributed by atoms with Gasteiger partial charge in [0.15, 0.2) is 0 Å². The van der Waals surface area contributed by atoms with Crippen LogP contribution < -0.4 is 5.73 Å². The molecule has 0 aromatic carbocycles. The van der Waals surface area contributed by atoms with Gasteiger partial charge in [0.05, 0.1) is 5.04 Å². The van der Waals surface area contributed by atoms with Crippen LogP contribution in [0.5, 0.6) is 0 Å². The van der Waals surface area contributed by atoms with Gasteiger partial charge in [-0.15, -0.1) is 3.71 Å². The lowest BCUT2D eigenvalue weighted by atomic mass is 10.5. The van der Waals surface area contributed by atoms with Gasteiger partial charge in [-0.3, -0.25) is 5.73 Å². The van der Waals surface area contributed by atoms with Gasteiger partial charge in [0.25, 0.3) is 0 Å². The number of rotatable bonds is 1. The Bertz CT molecular complexity index is 181. The fourth-order valence-electron chi connectivity index (χ4n) is 0.685. The SMILES string of the molecule is CCC1=N[C@@]2(N)SN2S1. The highest BCUT2D eigenvalue weighted by atomic mass is 32.2. The molecular formula is C4H7N3S2. The molecule has 1 saturated heterocycles. The van der Waals surface area contributed by atoms with Crippen LogP contribution in [0.25, 0.3) is 0 Å². The van der Waals surface area contributed by atoms with Gasteiger partial charge in [-0.2, -0.15) is 0 Å². The third kappa shape index (κ3) is 0.797. The first-order chi connectivity index (χ1) is 4.24. The molecule has 0 aromatic rings. The van der Waals surface area contributed by atoms with E-state index < -0.39 is 0 Å². The predicted octanol–water partition coefficient (Wildman–Crippen LogP) is 0.990. The van der Waals surface area contributed by atoms with E-state index in [0.717, 1.165) is 11.5 Å². The van der Waals surface area contributed by atoms with E-state index in [1.165, 1.54) is 0 Å². The van der Waals surface area contributed by atoms with Crippen molar-refractivity contribution in [2.45, 2.75) is 18.5 Å². The van der Waals surface area contributed by atoms with Crippen LogP contribution in [0.3, 0.4) is 0 Å². The van der Waals surface area contributed by atoms with E-state index in [4.69, 9.17) is 5.73 Å². The fraction of sp³-hybridized carbons (Fsp3) is 0.750. The van der Waals surface area contributed by atoms with Gasteiger partial charge in [0.2, 0.25) is 5.12 Å². The van der Waals surface area contributed by atoms with Gasteiger partial charge in [-0.05, 0) is 18.4 Å². The van der Waals surface area contributed by atoms with Crippen molar-refractivity contribution in [3.8, 4) is 0 Å². The first-order valence-electron chi connectivity index (χ1n) is 2.79. The molecule has 0 spiro atoms. The minimum absolute atomic E-state index is 0.365. The maximum atomic E-state index is 5.70. The molecule has 3 nitrogen and oxygen atoms in total. The van der Waals surface area contributed by atoms with Gasteiger partial charge in [-0.1, -0.05) is 6.92 Å². The molecule has 0 bridgehead atoms. The highest BCUT2D eigenvalue weighted by Crippen LogP contribution is 2.59. The van der Waals surface area contributed by atoms with Crippen molar-refractivity contribution in [3.63, 3.8) is 0 Å². The molecule has 2 aliphatic rings. The summed E-state index contributed by atoms with van der Waals surface area (Å²) in [6.45, 7) is 2.09. The van der Waals surface area contributed by atoms with E-state index in [0.29, 0.717) is 0 Å². The zero-order valence-corrected chi connectivity index (χ0v) is 6.63. The van der Waals surface area contributed by atoms with Crippen molar-refractivity contribution in [2.24, 2.45) is 10.7 Å². The van der Waals surface area contributed by atoms with Crippen LogP contribution in [0.2, 0.25) is 0 Å². The van der Waals surface area contributed by atoms with Crippen LogP contribution >= 0.6 is 23.9 Å². The Hall–Kier alpha value is 0.290. The molecule has 0 amide bonds. The standard InChI is InChI=1S/C4H7N3S2/c1-2-3-6-4(5)7(8-3)9-4/h2,5H2,1H3/t4-,7?/m1/s1. The quantitative estimate of drug-likeness (QED) is 0.460. The van der Waals surface area contributed by atoms with E-state index in [9.17, 15) is 0 Å². The lowest BCUT2D eigenvalue weighted by Crippen LogP contribution is -2.20. The minimum Gasteiger partial charge on any atom is -0.283 e. The summed E-state index contributed by atoms with van der Waals surface area (Å²) in [6, 6.07) is 0. The second-order valence-corrected chi connectivity index (χ2v) is 4.36. The van der Waals surface area contributed by atoms with Gasteiger partial charge < -0.3 is 0 Å². The summed E-state index contributed by atoms with van der Waals surface area (Å²) >= 11 is 3.25. The zero-order chi connectivity index (χ0) is 6.48. The zero-order valence-electron chi connectivity index (χ0n) is 5.00. The average molecular weight is 161 g/mol. The molecule has 5 heteroatoms. The monoisotopic (exact) mass is 161 g/mol. The molecule has 1 unspecified atom stereocenters. The topological polar surface area (TPSA) is 41.4 Å². The third-order valence-corrected chi connectivity index (χ3v) is 3.63. The van der Waals surface area contributed by atoms with Crippen molar-refractivity contribution < 1.29 is 0 Å². The van der Waals surface area contributed by atoms with Crippen LogP contribution in [-0.4, -0.2) is 13.9 Å². The summed E-state index contributed by atoms with van der Waals surface area (Å²) in [5, 5.41) is 0.784. The number of fused-ring (bicyclic) bond motifs is 1.